The van der Waals surface area contributed by atoms with Gasteiger partial charge in [0, 0.05) is 12.6 Å². The summed E-state index contributed by atoms with van der Waals surface area (Å²) in [5, 5.41) is 3.40. The summed E-state index contributed by atoms with van der Waals surface area (Å²) >= 11 is 0. The van der Waals surface area contributed by atoms with Gasteiger partial charge in [0.05, 0.1) is 0 Å². The molecule has 0 aliphatic carbocycles. The van der Waals surface area contributed by atoms with E-state index in [1.54, 1.807) is 0 Å². The Morgan fingerprint density at radius 3 is 2.73 bits per heavy atom. The van der Waals surface area contributed by atoms with E-state index in [1.165, 1.54) is 39.0 Å². The Balaban J connectivity index is 2.27. The average Bonchev–Trinajstić information content (AvgIpc) is 2.52. The lowest BCUT2D eigenvalue weighted by Gasteiger charge is -2.25. The van der Waals surface area contributed by atoms with Gasteiger partial charge in [-0.3, -0.25) is 4.90 Å². The van der Waals surface area contributed by atoms with Crippen LogP contribution in [0.1, 0.15) is 26.7 Å². The molecule has 0 saturated carbocycles. The van der Waals surface area contributed by atoms with Crippen molar-refractivity contribution < 1.29 is 0 Å². The highest BCUT2D eigenvalue weighted by atomic mass is 15.2. The van der Waals surface area contributed by atoms with Gasteiger partial charge >= 0.3 is 0 Å². The normalized spacial score (nSPS) is 24.8. The fraction of sp³-hybridized carbons (Fsp3) is 1.00. The molecule has 0 aromatic heterocycles. The van der Waals surface area contributed by atoms with Gasteiger partial charge in [-0.1, -0.05) is 13.8 Å². The van der Waals surface area contributed by atoms with Gasteiger partial charge in [-0.05, 0) is 32.5 Å². The van der Waals surface area contributed by atoms with Crippen molar-refractivity contribution in [1.82, 2.24) is 10.2 Å². The zero-order valence-corrected chi connectivity index (χ0v) is 7.77. The number of hydrogen-bond acceptors (Lipinski definition) is 2. The Bertz CT molecular complexity index is 97.7. The molecule has 1 N–H and O–H groups in total. The Morgan fingerprint density at radius 1 is 1.45 bits per heavy atom. The molecule has 0 bridgehead atoms. The van der Waals surface area contributed by atoms with Gasteiger partial charge in [-0.25, -0.2) is 0 Å². The minimum Gasteiger partial charge on any atom is -0.315 e. The summed E-state index contributed by atoms with van der Waals surface area (Å²) < 4.78 is 0. The first kappa shape index (κ1) is 9.01. The molecular weight excluding hydrogens is 136 g/mol. The average molecular weight is 156 g/mol. The Kier molecular flexibility index (Phi) is 3.87. The first-order valence-corrected chi connectivity index (χ1v) is 4.83. The molecule has 2 nitrogen and oxygen atoms in total. The third kappa shape index (κ3) is 2.46. The van der Waals surface area contributed by atoms with E-state index in [9.17, 15) is 0 Å². The third-order valence-corrected chi connectivity index (χ3v) is 2.47. The second-order valence-corrected chi connectivity index (χ2v) is 3.28. The first-order chi connectivity index (χ1) is 5.38. The molecule has 11 heavy (non-hydrogen) atoms. The number of rotatable bonds is 4. The van der Waals surface area contributed by atoms with Gasteiger partial charge < -0.3 is 5.32 Å². The molecule has 0 amide bonds. The van der Waals surface area contributed by atoms with E-state index in [1.807, 2.05) is 0 Å². The molecule has 1 fully saturated rings. The number of likely N-dealkylation sites (N-methyl/N-ethyl adjacent to an activating group) is 1. The molecule has 2 heteroatoms. The highest BCUT2D eigenvalue weighted by molar-refractivity contribution is 4.79. The molecule has 66 valence electrons. The van der Waals surface area contributed by atoms with Crippen LogP contribution in [-0.2, 0) is 0 Å². The predicted octanol–water partition coefficient (Wildman–Crippen LogP) is 1.08. The lowest BCUT2D eigenvalue weighted by Crippen LogP contribution is -2.37. The summed E-state index contributed by atoms with van der Waals surface area (Å²) in [6, 6.07) is 0.819. The minimum atomic E-state index is 0.819. The van der Waals surface area contributed by atoms with E-state index >= 15 is 0 Å². The van der Waals surface area contributed by atoms with Gasteiger partial charge in [0.15, 0.2) is 0 Å². The maximum atomic E-state index is 3.40. The predicted molar refractivity (Wildman–Crippen MR) is 48.8 cm³/mol. The van der Waals surface area contributed by atoms with Crippen LogP contribution in [0.5, 0.6) is 0 Å². The maximum Gasteiger partial charge on any atom is 0.0232 e. The van der Waals surface area contributed by atoms with Crippen LogP contribution in [0.25, 0.3) is 0 Å². The molecule has 1 aliphatic heterocycles. The molecule has 1 heterocycles. The quantitative estimate of drug-likeness (QED) is 0.655. The second kappa shape index (κ2) is 4.73. The van der Waals surface area contributed by atoms with Gasteiger partial charge in [0.1, 0.15) is 0 Å². The SMILES string of the molecule is CCCN(CC)C1CCNC1. The van der Waals surface area contributed by atoms with E-state index in [4.69, 9.17) is 0 Å². The summed E-state index contributed by atoms with van der Waals surface area (Å²) in [6.45, 7) is 9.40. The molecule has 1 unspecified atom stereocenters. The smallest absolute Gasteiger partial charge is 0.0232 e. The van der Waals surface area contributed by atoms with Crippen LogP contribution in [0.2, 0.25) is 0 Å². The van der Waals surface area contributed by atoms with Crippen molar-refractivity contribution >= 4 is 0 Å². The van der Waals surface area contributed by atoms with Crippen LogP contribution < -0.4 is 5.32 Å². The second-order valence-electron chi connectivity index (χ2n) is 3.28. The summed E-state index contributed by atoms with van der Waals surface area (Å²) in [6.07, 6.45) is 2.62. The summed E-state index contributed by atoms with van der Waals surface area (Å²) in [5.41, 5.74) is 0. The molecular formula is C9H20N2. The molecule has 1 aliphatic rings. The largest absolute Gasteiger partial charge is 0.315 e. The van der Waals surface area contributed by atoms with Gasteiger partial charge in [-0.2, -0.15) is 0 Å². The van der Waals surface area contributed by atoms with Crippen molar-refractivity contribution in [1.29, 1.82) is 0 Å². The fourth-order valence-electron chi connectivity index (χ4n) is 1.84. The van der Waals surface area contributed by atoms with Crippen LogP contribution in [0.3, 0.4) is 0 Å². The topological polar surface area (TPSA) is 15.3 Å². The van der Waals surface area contributed by atoms with E-state index in [-0.39, 0.29) is 0 Å². The number of hydrogen-bond donors (Lipinski definition) is 1. The van der Waals surface area contributed by atoms with Crippen molar-refractivity contribution in [2.24, 2.45) is 0 Å². The Morgan fingerprint density at radius 2 is 2.27 bits per heavy atom. The van der Waals surface area contributed by atoms with Gasteiger partial charge in [-0.15, -0.1) is 0 Å². The van der Waals surface area contributed by atoms with Crippen molar-refractivity contribution in [3.05, 3.63) is 0 Å². The lowest BCUT2D eigenvalue weighted by atomic mass is 10.2. The lowest BCUT2D eigenvalue weighted by molar-refractivity contribution is 0.219. The molecule has 1 atom stereocenters. The molecule has 1 rings (SSSR count). The number of nitrogens with one attached hydrogen (secondary N) is 1. The first-order valence-electron chi connectivity index (χ1n) is 4.83. The molecule has 1 saturated heterocycles. The molecule has 0 aromatic rings. The zero-order valence-electron chi connectivity index (χ0n) is 7.77. The van der Waals surface area contributed by atoms with E-state index in [2.05, 4.69) is 24.1 Å². The van der Waals surface area contributed by atoms with Crippen LogP contribution >= 0.6 is 0 Å². The van der Waals surface area contributed by atoms with Crippen molar-refractivity contribution in [3.63, 3.8) is 0 Å². The molecule has 0 aromatic carbocycles. The Labute approximate surface area is 70.0 Å². The highest BCUT2D eigenvalue weighted by Crippen LogP contribution is 2.07. The molecule has 0 spiro atoms. The van der Waals surface area contributed by atoms with E-state index in [0.29, 0.717) is 0 Å². The molecule has 0 radical (unpaired) electrons. The third-order valence-electron chi connectivity index (χ3n) is 2.47. The standard InChI is InChI=1S/C9H20N2/c1-3-7-11(4-2)9-5-6-10-8-9/h9-10H,3-8H2,1-2H3. The van der Waals surface area contributed by atoms with Crippen LogP contribution in [0, 0.1) is 0 Å². The monoisotopic (exact) mass is 156 g/mol. The maximum absolute atomic E-state index is 3.40. The summed E-state index contributed by atoms with van der Waals surface area (Å²) in [4.78, 5) is 2.58. The van der Waals surface area contributed by atoms with E-state index < -0.39 is 0 Å². The van der Waals surface area contributed by atoms with Crippen LogP contribution in [0.15, 0.2) is 0 Å². The van der Waals surface area contributed by atoms with Crippen LogP contribution in [0.4, 0.5) is 0 Å². The highest BCUT2D eigenvalue weighted by Gasteiger charge is 2.19. The number of nitrogens with zero attached hydrogens (tertiary/aromatic N) is 1. The summed E-state index contributed by atoms with van der Waals surface area (Å²) in [7, 11) is 0. The van der Waals surface area contributed by atoms with E-state index in [0.717, 1.165) is 6.04 Å². The van der Waals surface area contributed by atoms with Crippen LogP contribution in [-0.4, -0.2) is 37.1 Å². The minimum absolute atomic E-state index is 0.819. The fourth-order valence-corrected chi connectivity index (χ4v) is 1.84. The Hall–Kier alpha value is -0.0800. The van der Waals surface area contributed by atoms with Crippen molar-refractivity contribution in [2.45, 2.75) is 32.7 Å². The zero-order chi connectivity index (χ0) is 8.10. The van der Waals surface area contributed by atoms with Gasteiger partial charge in [0.2, 0.25) is 0 Å². The van der Waals surface area contributed by atoms with Gasteiger partial charge in [0.25, 0.3) is 0 Å². The van der Waals surface area contributed by atoms with Crippen molar-refractivity contribution in [2.75, 3.05) is 26.2 Å². The van der Waals surface area contributed by atoms with Crippen molar-refractivity contribution in [3.8, 4) is 0 Å². The summed E-state index contributed by atoms with van der Waals surface area (Å²) in [5.74, 6) is 0.